The number of carbonyl (C=O) groups excluding carboxylic acids is 2. The van der Waals surface area contributed by atoms with Gasteiger partial charge in [-0.25, -0.2) is 4.57 Å². The van der Waals surface area contributed by atoms with Crippen molar-refractivity contribution in [2.75, 3.05) is 13.2 Å². The summed E-state index contributed by atoms with van der Waals surface area (Å²) in [6.07, 6.45) is 26.0. The monoisotopic (exact) mass is 576 g/mol. The minimum atomic E-state index is -4.72. The summed E-state index contributed by atoms with van der Waals surface area (Å²) in [4.78, 5) is 41.9. The summed E-state index contributed by atoms with van der Waals surface area (Å²) in [6, 6.07) is 0. The number of phosphoric ester groups is 1. The highest BCUT2D eigenvalue weighted by molar-refractivity contribution is 7.46. The Balaban J connectivity index is 3.83. The van der Waals surface area contributed by atoms with Crippen molar-refractivity contribution in [2.45, 2.75) is 155 Å². The fourth-order valence-corrected chi connectivity index (χ4v) is 4.55. The van der Waals surface area contributed by atoms with Crippen LogP contribution in [0.25, 0.3) is 0 Å². The second-order valence-electron chi connectivity index (χ2n) is 10.4. The molecule has 0 bridgehead atoms. The number of allylic oxidation sites excluding steroid dienone is 2. The van der Waals surface area contributed by atoms with Gasteiger partial charge in [-0.3, -0.25) is 14.1 Å². The van der Waals surface area contributed by atoms with Gasteiger partial charge in [-0.2, -0.15) is 0 Å². The van der Waals surface area contributed by atoms with Gasteiger partial charge >= 0.3 is 19.8 Å². The summed E-state index contributed by atoms with van der Waals surface area (Å²) < 4.78 is 25.8. The highest BCUT2D eigenvalue weighted by atomic mass is 31.2. The molecule has 9 heteroatoms. The van der Waals surface area contributed by atoms with Crippen LogP contribution in [0.1, 0.15) is 149 Å². The highest BCUT2D eigenvalue weighted by Gasteiger charge is 2.22. The molecule has 0 aromatic rings. The van der Waals surface area contributed by atoms with Crippen LogP contribution in [-0.4, -0.2) is 41.0 Å². The first kappa shape index (κ1) is 37.8. The van der Waals surface area contributed by atoms with Crippen LogP contribution in [0.5, 0.6) is 0 Å². The molecule has 39 heavy (non-hydrogen) atoms. The molecule has 0 aliphatic rings. The van der Waals surface area contributed by atoms with Gasteiger partial charge in [0.05, 0.1) is 6.61 Å². The van der Waals surface area contributed by atoms with Gasteiger partial charge in [0, 0.05) is 12.8 Å². The first-order valence-electron chi connectivity index (χ1n) is 15.5. The van der Waals surface area contributed by atoms with Crippen LogP contribution in [0.2, 0.25) is 0 Å². The van der Waals surface area contributed by atoms with E-state index in [1.165, 1.54) is 70.6 Å². The quantitative estimate of drug-likeness (QED) is 0.0413. The van der Waals surface area contributed by atoms with E-state index in [2.05, 4.69) is 23.6 Å². The summed E-state index contributed by atoms with van der Waals surface area (Å²) in [5, 5.41) is 0. The van der Waals surface area contributed by atoms with E-state index >= 15 is 0 Å². The Morgan fingerprint density at radius 2 is 1.08 bits per heavy atom. The van der Waals surface area contributed by atoms with E-state index < -0.39 is 32.5 Å². The number of hydrogen-bond donors (Lipinski definition) is 2. The van der Waals surface area contributed by atoms with Gasteiger partial charge in [0.25, 0.3) is 0 Å². The van der Waals surface area contributed by atoms with Crippen molar-refractivity contribution >= 4 is 19.8 Å². The molecular formula is C30H57O8P. The van der Waals surface area contributed by atoms with Crippen molar-refractivity contribution < 1.29 is 37.9 Å². The molecule has 0 spiro atoms. The number of hydrogen-bond acceptors (Lipinski definition) is 6. The largest absolute Gasteiger partial charge is 0.469 e. The van der Waals surface area contributed by atoms with Gasteiger partial charge in [0.1, 0.15) is 6.61 Å². The number of esters is 2. The van der Waals surface area contributed by atoms with Crippen LogP contribution in [0, 0.1) is 0 Å². The standard InChI is InChI=1S/C30H57O8P/c1-3-5-7-8-9-10-11-12-13-14-15-16-17-18-19-20-21-23-25-30(32)38-28(27-37-39(33,34)35)26-36-29(31)24-22-6-4-2/h13-14,28H,3-12,15-27H2,1-2H3,(H2,33,34,35)/b14-13-. The lowest BCUT2D eigenvalue weighted by atomic mass is 10.1. The van der Waals surface area contributed by atoms with Gasteiger partial charge < -0.3 is 19.3 Å². The number of rotatable bonds is 28. The predicted octanol–water partition coefficient (Wildman–Crippen LogP) is 8.34. The lowest BCUT2D eigenvalue weighted by Crippen LogP contribution is -2.29. The lowest BCUT2D eigenvalue weighted by Gasteiger charge is -2.18. The summed E-state index contributed by atoms with van der Waals surface area (Å²) in [5.41, 5.74) is 0. The first-order chi connectivity index (χ1) is 18.8. The van der Waals surface area contributed by atoms with Crippen molar-refractivity contribution in [3.05, 3.63) is 12.2 Å². The van der Waals surface area contributed by atoms with Crippen LogP contribution in [0.3, 0.4) is 0 Å². The topological polar surface area (TPSA) is 119 Å². The van der Waals surface area contributed by atoms with Crippen molar-refractivity contribution in [3.63, 3.8) is 0 Å². The third-order valence-electron chi connectivity index (χ3n) is 6.53. The molecule has 0 fully saturated rings. The van der Waals surface area contributed by atoms with E-state index in [1.54, 1.807) is 0 Å². The number of carbonyl (C=O) groups is 2. The van der Waals surface area contributed by atoms with Gasteiger partial charge in [-0.15, -0.1) is 0 Å². The zero-order valence-corrected chi connectivity index (χ0v) is 25.7. The fraction of sp³-hybridized carbons (Fsp3) is 0.867. The van der Waals surface area contributed by atoms with E-state index in [4.69, 9.17) is 19.3 Å². The Hall–Kier alpha value is -1.21. The average Bonchev–Trinajstić information content (AvgIpc) is 2.89. The molecule has 0 radical (unpaired) electrons. The molecule has 0 aliphatic carbocycles. The maximum atomic E-state index is 12.2. The number of phosphoric acid groups is 1. The van der Waals surface area contributed by atoms with Gasteiger partial charge in [0.2, 0.25) is 0 Å². The van der Waals surface area contributed by atoms with E-state index in [-0.39, 0.29) is 19.4 Å². The van der Waals surface area contributed by atoms with Crippen LogP contribution >= 0.6 is 7.82 Å². The van der Waals surface area contributed by atoms with Crippen molar-refractivity contribution in [1.82, 2.24) is 0 Å². The van der Waals surface area contributed by atoms with Gasteiger partial charge in [-0.1, -0.05) is 109 Å². The predicted molar refractivity (Wildman–Crippen MR) is 156 cm³/mol. The SMILES string of the molecule is CCCCCCCCC/C=C\CCCCCCCCCC(=O)OC(COC(=O)CCCCC)COP(=O)(O)O. The smallest absolute Gasteiger partial charge is 0.462 e. The molecule has 0 saturated carbocycles. The third-order valence-corrected chi connectivity index (χ3v) is 7.02. The third kappa shape index (κ3) is 29.6. The Morgan fingerprint density at radius 3 is 1.62 bits per heavy atom. The Kier molecular flexibility index (Phi) is 26.1. The van der Waals surface area contributed by atoms with Crippen molar-refractivity contribution in [3.8, 4) is 0 Å². The minimum Gasteiger partial charge on any atom is -0.462 e. The van der Waals surface area contributed by atoms with Gasteiger partial charge in [-0.05, 0) is 38.5 Å². The number of unbranched alkanes of at least 4 members (excludes halogenated alkanes) is 16. The molecule has 0 amide bonds. The normalized spacial score (nSPS) is 12.6. The molecular weight excluding hydrogens is 519 g/mol. The molecule has 1 unspecified atom stereocenters. The number of ether oxygens (including phenoxy) is 2. The fourth-order valence-electron chi connectivity index (χ4n) is 4.19. The lowest BCUT2D eigenvalue weighted by molar-refractivity contribution is -0.161. The van der Waals surface area contributed by atoms with Crippen LogP contribution < -0.4 is 0 Å². The summed E-state index contributed by atoms with van der Waals surface area (Å²) in [6.45, 7) is 3.46. The summed E-state index contributed by atoms with van der Waals surface area (Å²) >= 11 is 0. The van der Waals surface area contributed by atoms with E-state index in [0.29, 0.717) is 12.8 Å². The van der Waals surface area contributed by atoms with Crippen molar-refractivity contribution in [1.29, 1.82) is 0 Å². The molecule has 0 rings (SSSR count). The first-order valence-corrected chi connectivity index (χ1v) is 17.0. The molecule has 0 aromatic carbocycles. The second kappa shape index (κ2) is 27.0. The Bertz CT molecular complexity index is 661. The Morgan fingerprint density at radius 1 is 0.641 bits per heavy atom. The van der Waals surface area contributed by atoms with Gasteiger partial charge in [0.15, 0.2) is 6.10 Å². The maximum absolute atomic E-state index is 12.2. The average molecular weight is 577 g/mol. The van der Waals surface area contributed by atoms with Crippen LogP contribution in [-0.2, 0) is 28.2 Å². The molecule has 0 saturated heterocycles. The van der Waals surface area contributed by atoms with Crippen LogP contribution in [0.4, 0.5) is 0 Å². The van der Waals surface area contributed by atoms with E-state index in [9.17, 15) is 14.2 Å². The molecule has 8 nitrogen and oxygen atoms in total. The zero-order chi connectivity index (χ0) is 29.0. The highest BCUT2D eigenvalue weighted by Crippen LogP contribution is 2.35. The molecule has 0 heterocycles. The second-order valence-corrected chi connectivity index (χ2v) is 11.7. The summed E-state index contributed by atoms with van der Waals surface area (Å²) in [7, 11) is -4.72. The molecule has 230 valence electrons. The Labute approximate surface area is 237 Å². The molecule has 0 aliphatic heterocycles. The van der Waals surface area contributed by atoms with Crippen molar-refractivity contribution in [2.24, 2.45) is 0 Å². The minimum absolute atomic E-state index is 0.209. The molecule has 1 atom stereocenters. The molecule has 0 aromatic heterocycles. The van der Waals surface area contributed by atoms with E-state index in [0.717, 1.165) is 38.5 Å². The van der Waals surface area contributed by atoms with Crippen LogP contribution in [0.15, 0.2) is 12.2 Å². The van der Waals surface area contributed by atoms with E-state index in [1.807, 2.05) is 6.92 Å². The maximum Gasteiger partial charge on any atom is 0.469 e. The zero-order valence-electron chi connectivity index (χ0n) is 24.8. The summed E-state index contributed by atoms with van der Waals surface area (Å²) in [5.74, 6) is -0.917. The molecule has 2 N–H and O–H groups in total.